The molecule has 1 aromatic rings. The second-order valence-corrected chi connectivity index (χ2v) is 4.05. The maximum absolute atomic E-state index is 11.8. The molecule has 5 heteroatoms. The summed E-state index contributed by atoms with van der Waals surface area (Å²) < 4.78 is 2.44. The standard InChI is InChI=1S/C11H14N2O3/c1-2-12-6-5-10(15)13(11(12)16)7-9(14)8-3-4-8/h5-6,8H,2-4,7H2,1H3. The summed E-state index contributed by atoms with van der Waals surface area (Å²) in [5.41, 5.74) is -0.798. The number of carbonyl (C=O) groups excluding carboxylic acids is 1. The zero-order valence-electron chi connectivity index (χ0n) is 9.18. The van der Waals surface area contributed by atoms with E-state index in [9.17, 15) is 14.4 Å². The van der Waals surface area contributed by atoms with Crippen LogP contribution < -0.4 is 11.2 Å². The predicted octanol–water partition coefficient (Wildman–Crippen LogP) is 0.00900. The quantitative estimate of drug-likeness (QED) is 0.721. The van der Waals surface area contributed by atoms with Crippen LogP contribution in [0.3, 0.4) is 0 Å². The second kappa shape index (κ2) is 4.08. The van der Waals surface area contributed by atoms with E-state index in [0.717, 1.165) is 17.4 Å². The molecule has 16 heavy (non-hydrogen) atoms. The largest absolute Gasteiger partial charge is 0.331 e. The first-order chi connectivity index (χ1) is 7.63. The van der Waals surface area contributed by atoms with Gasteiger partial charge in [0.05, 0.1) is 6.54 Å². The van der Waals surface area contributed by atoms with E-state index in [1.165, 1.54) is 16.8 Å². The molecular formula is C11H14N2O3. The Morgan fingerprint density at radius 1 is 1.44 bits per heavy atom. The molecule has 2 rings (SSSR count). The van der Waals surface area contributed by atoms with Crippen molar-refractivity contribution in [1.82, 2.24) is 9.13 Å². The monoisotopic (exact) mass is 222 g/mol. The Kier molecular flexibility index (Phi) is 2.77. The van der Waals surface area contributed by atoms with Crippen LogP contribution in [0, 0.1) is 5.92 Å². The first kappa shape index (κ1) is 10.9. The summed E-state index contributed by atoms with van der Waals surface area (Å²) >= 11 is 0. The third-order valence-electron chi connectivity index (χ3n) is 2.83. The topological polar surface area (TPSA) is 61.1 Å². The molecular weight excluding hydrogens is 208 g/mol. The average molecular weight is 222 g/mol. The van der Waals surface area contributed by atoms with E-state index >= 15 is 0 Å². The molecule has 0 unspecified atom stereocenters. The van der Waals surface area contributed by atoms with Crippen LogP contribution in [0.4, 0.5) is 0 Å². The normalized spacial score (nSPS) is 15.1. The van der Waals surface area contributed by atoms with Crippen molar-refractivity contribution in [3.63, 3.8) is 0 Å². The molecule has 0 bridgehead atoms. The summed E-state index contributed by atoms with van der Waals surface area (Å²) in [4.78, 5) is 34.8. The Morgan fingerprint density at radius 2 is 2.12 bits per heavy atom. The van der Waals surface area contributed by atoms with Gasteiger partial charge in [-0.15, -0.1) is 0 Å². The number of aryl methyl sites for hydroxylation is 1. The minimum absolute atomic E-state index is 0.00643. The zero-order chi connectivity index (χ0) is 11.7. The number of Topliss-reactive ketones (excluding diaryl/α,β-unsaturated/α-hetero) is 1. The third-order valence-corrected chi connectivity index (χ3v) is 2.83. The van der Waals surface area contributed by atoms with Gasteiger partial charge in [0.1, 0.15) is 0 Å². The number of carbonyl (C=O) groups is 1. The molecule has 86 valence electrons. The summed E-state index contributed by atoms with van der Waals surface area (Å²) in [6.45, 7) is 2.23. The van der Waals surface area contributed by atoms with Crippen molar-refractivity contribution in [2.75, 3.05) is 0 Å². The highest BCUT2D eigenvalue weighted by molar-refractivity contribution is 5.82. The Labute approximate surface area is 92.3 Å². The Hall–Kier alpha value is -1.65. The fourth-order valence-corrected chi connectivity index (χ4v) is 1.63. The molecule has 0 aromatic carbocycles. The van der Waals surface area contributed by atoms with Gasteiger partial charge in [0.25, 0.3) is 5.56 Å². The molecule has 0 atom stereocenters. The third kappa shape index (κ3) is 1.98. The lowest BCUT2D eigenvalue weighted by atomic mass is 10.2. The van der Waals surface area contributed by atoms with Crippen LogP contribution in [0.5, 0.6) is 0 Å². The molecule has 1 heterocycles. The van der Waals surface area contributed by atoms with Crippen LogP contribution in [0.1, 0.15) is 19.8 Å². The van der Waals surface area contributed by atoms with Crippen molar-refractivity contribution < 1.29 is 4.79 Å². The molecule has 0 aliphatic heterocycles. The molecule has 0 N–H and O–H groups in total. The van der Waals surface area contributed by atoms with Crippen molar-refractivity contribution in [3.8, 4) is 0 Å². The summed E-state index contributed by atoms with van der Waals surface area (Å²) in [6, 6.07) is 1.32. The molecule has 0 saturated heterocycles. The van der Waals surface area contributed by atoms with Gasteiger partial charge in [-0.3, -0.25) is 14.2 Å². The van der Waals surface area contributed by atoms with Crippen molar-refractivity contribution in [1.29, 1.82) is 0 Å². The van der Waals surface area contributed by atoms with Crippen molar-refractivity contribution in [3.05, 3.63) is 33.1 Å². The first-order valence-corrected chi connectivity index (χ1v) is 5.46. The molecule has 5 nitrogen and oxygen atoms in total. The number of hydrogen-bond donors (Lipinski definition) is 0. The summed E-state index contributed by atoms with van der Waals surface area (Å²) in [5.74, 6) is 0.0645. The lowest BCUT2D eigenvalue weighted by Crippen LogP contribution is -2.40. The van der Waals surface area contributed by atoms with E-state index in [0.29, 0.717) is 6.54 Å². The number of hydrogen-bond acceptors (Lipinski definition) is 3. The fraction of sp³-hybridized carbons (Fsp3) is 0.545. The van der Waals surface area contributed by atoms with Gasteiger partial charge in [0, 0.05) is 24.7 Å². The average Bonchev–Trinajstić information content (AvgIpc) is 3.08. The maximum atomic E-state index is 11.8. The van der Waals surface area contributed by atoms with Gasteiger partial charge >= 0.3 is 5.69 Å². The van der Waals surface area contributed by atoms with Crippen LogP contribution in [0.15, 0.2) is 21.9 Å². The minimum Gasteiger partial charge on any atom is -0.301 e. The molecule has 1 saturated carbocycles. The van der Waals surface area contributed by atoms with Crippen LogP contribution in [-0.2, 0) is 17.9 Å². The highest BCUT2D eigenvalue weighted by Gasteiger charge is 2.29. The summed E-state index contributed by atoms with van der Waals surface area (Å²) in [5, 5.41) is 0. The van der Waals surface area contributed by atoms with Gasteiger partial charge in [0.2, 0.25) is 0 Å². The van der Waals surface area contributed by atoms with Gasteiger partial charge in [0.15, 0.2) is 5.78 Å². The van der Waals surface area contributed by atoms with Crippen LogP contribution in [0.2, 0.25) is 0 Å². The molecule has 1 aromatic heterocycles. The predicted molar refractivity (Wildman–Crippen MR) is 58.4 cm³/mol. The maximum Gasteiger partial charge on any atom is 0.331 e. The molecule has 0 spiro atoms. The molecule has 1 fully saturated rings. The fourth-order valence-electron chi connectivity index (χ4n) is 1.63. The minimum atomic E-state index is -0.399. The molecule has 1 aliphatic rings. The number of nitrogens with zero attached hydrogens (tertiary/aromatic N) is 2. The smallest absolute Gasteiger partial charge is 0.301 e. The van der Waals surface area contributed by atoms with E-state index in [2.05, 4.69) is 0 Å². The highest BCUT2D eigenvalue weighted by atomic mass is 16.2. The molecule has 0 amide bonds. The van der Waals surface area contributed by atoms with Gasteiger partial charge in [-0.05, 0) is 19.8 Å². The van der Waals surface area contributed by atoms with Gasteiger partial charge in [-0.25, -0.2) is 4.79 Å². The number of ketones is 1. The summed E-state index contributed by atoms with van der Waals surface area (Å²) in [7, 11) is 0. The van der Waals surface area contributed by atoms with Crippen LogP contribution in [-0.4, -0.2) is 14.9 Å². The lowest BCUT2D eigenvalue weighted by Gasteiger charge is -2.06. The lowest BCUT2D eigenvalue weighted by molar-refractivity contribution is -0.120. The van der Waals surface area contributed by atoms with Crippen molar-refractivity contribution >= 4 is 5.78 Å². The Morgan fingerprint density at radius 3 is 2.69 bits per heavy atom. The van der Waals surface area contributed by atoms with Gasteiger partial charge in [-0.2, -0.15) is 0 Å². The van der Waals surface area contributed by atoms with E-state index < -0.39 is 11.2 Å². The van der Waals surface area contributed by atoms with Crippen molar-refractivity contribution in [2.24, 2.45) is 5.92 Å². The number of aromatic nitrogens is 2. The Balaban J connectivity index is 2.35. The van der Waals surface area contributed by atoms with E-state index in [-0.39, 0.29) is 18.2 Å². The van der Waals surface area contributed by atoms with Crippen LogP contribution in [0.25, 0.3) is 0 Å². The van der Waals surface area contributed by atoms with Crippen LogP contribution >= 0.6 is 0 Å². The van der Waals surface area contributed by atoms with E-state index in [4.69, 9.17) is 0 Å². The number of rotatable bonds is 4. The zero-order valence-corrected chi connectivity index (χ0v) is 9.18. The van der Waals surface area contributed by atoms with E-state index in [1.54, 1.807) is 0 Å². The molecule has 0 radical (unpaired) electrons. The van der Waals surface area contributed by atoms with E-state index in [1.807, 2.05) is 6.92 Å². The van der Waals surface area contributed by atoms with Crippen molar-refractivity contribution in [2.45, 2.75) is 32.9 Å². The van der Waals surface area contributed by atoms with Gasteiger partial charge in [-0.1, -0.05) is 0 Å². The van der Waals surface area contributed by atoms with Gasteiger partial charge < -0.3 is 4.57 Å². The first-order valence-electron chi connectivity index (χ1n) is 5.46. The second-order valence-electron chi connectivity index (χ2n) is 4.05. The summed E-state index contributed by atoms with van der Waals surface area (Å²) in [6.07, 6.45) is 3.24. The molecule has 1 aliphatic carbocycles. The Bertz CT molecular complexity index is 523. The SMILES string of the molecule is CCn1ccc(=O)n(CC(=O)C2CC2)c1=O. The highest BCUT2D eigenvalue weighted by Crippen LogP contribution is 2.29.